The number of benzene rings is 4. The Morgan fingerprint density at radius 1 is 0.407 bits per heavy atom. The summed E-state index contributed by atoms with van der Waals surface area (Å²) in [5, 5.41) is 0. The summed E-state index contributed by atoms with van der Waals surface area (Å²) in [6, 6.07) is 42.4. The second-order valence-corrected chi connectivity index (χ2v) is 6.46. The van der Waals surface area contributed by atoms with Crippen LogP contribution in [0.1, 0.15) is 5.56 Å². The van der Waals surface area contributed by atoms with Crippen LogP contribution in [-0.4, -0.2) is 0 Å². The zero-order valence-electron chi connectivity index (χ0n) is 15.1. The summed E-state index contributed by atoms with van der Waals surface area (Å²) < 4.78 is 0.525. The first kappa shape index (κ1) is 17.0. The van der Waals surface area contributed by atoms with Crippen molar-refractivity contribution in [2.45, 2.75) is 0 Å². The number of hydrogen-bond donors (Lipinski definition) is 0. The second kappa shape index (κ2) is 7.86. The zero-order valence-corrected chi connectivity index (χ0v) is 15.1. The highest BCUT2D eigenvalue weighted by Gasteiger charge is 2.33. The van der Waals surface area contributed by atoms with Gasteiger partial charge in [-0.15, -0.1) is 0 Å². The van der Waals surface area contributed by atoms with Crippen molar-refractivity contribution in [2.75, 3.05) is 0 Å². The normalized spacial score (nSPS) is 11.6. The largest absolute Gasteiger partial charge is 0.200 e. The summed E-state index contributed by atoms with van der Waals surface area (Å²) in [5.74, 6) is 0. The predicted octanol–water partition coefficient (Wildman–Crippen LogP) is 7.33. The fraction of sp³-hybridized carbons (Fsp3) is 0. The molecule has 0 spiro atoms. The van der Waals surface area contributed by atoms with E-state index in [-0.39, 0.29) is 0 Å². The van der Waals surface area contributed by atoms with Crippen LogP contribution in [0.2, 0.25) is 0 Å². The molecule has 0 heterocycles. The number of quaternary nitrogens is 1. The Morgan fingerprint density at radius 2 is 0.741 bits per heavy atom. The van der Waals surface area contributed by atoms with Gasteiger partial charge in [0, 0.05) is 36.4 Å². The number of nitrogens with zero attached hydrogens (tertiary/aromatic N) is 1. The molecule has 0 N–H and O–H groups in total. The highest BCUT2D eigenvalue weighted by atomic mass is 15.4. The summed E-state index contributed by atoms with van der Waals surface area (Å²) >= 11 is 0. The first-order valence-electron chi connectivity index (χ1n) is 9.19. The minimum atomic E-state index is 0.525. The van der Waals surface area contributed by atoms with E-state index in [0.29, 0.717) is 4.48 Å². The Labute approximate surface area is 161 Å². The lowest BCUT2D eigenvalue weighted by Crippen LogP contribution is -2.32. The molecule has 0 radical (unpaired) electrons. The highest BCUT2D eigenvalue weighted by Crippen LogP contribution is 2.44. The van der Waals surface area contributed by atoms with Gasteiger partial charge in [-0.25, -0.2) is 4.48 Å². The maximum Gasteiger partial charge on any atom is 0.147 e. The molecule has 0 aliphatic carbocycles. The third-order valence-electron chi connectivity index (χ3n) is 4.78. The van der Waals surface area contributed by atoms with Gasteiger partial charge in [-0.05, 0) is 11.6 Å². The van der Waals surface area contributed by atoms with Gasteiger partial charge in [0.1, 0.15) is 23.3 Å². The molecule has 0 bridgehead atoms. The zero-order chi connectivity index (χ0) is 18.4. The summed E-state index contributed by atoms with van der Waals surface area (Å²) in [6.07, 6.45) is 4.47. The van der Waals surface area contributed by atoms with Crippen LogP contribution in [-0.2, 0) is 0 Å². The predicted molar refractivity (Wildman–Crippen MR) is 116 cm³/mol. The Bertz CT molecular complexity index is 894. The lowest BCUT2D eigenvalue weighted by Gasteiger charge is -2.33. The molecule has 0 amide bonds. The fourth-order valence-corrected chi connectivity index (χ4v) is 3.46. The van der Waals surface area contributed by atoms with Crippen LogP contribution in [0.3, 0.4) is 0 Å². The van der Waals surface area contributed by atoms with Gasteiger partial charge >= 0.3 is 0 Å². The molecule has 27 heavy (non-hydrogen) atoms. The standard InChI is InChI=1S/C26H22N/c1-5-13-23(14-6-1)21-22-27(24-15-7-2-8-16-24,25-17-9-3-10-18-25)26-19-11-4-12-20-26/h1-22H/q+1. The van der Waals surface area contributed by atoms with Crippen molar-refractivity contribution in [3.8, 4) is 0 Å². The first-order chi connectivity index (χ1) is 13.4. The molecule has 0 unspecified atom stereocenters. The Balaban J connectivity index is 1.99. The van der Waals surface area contributed by atoms with Crippen molar-refractivity contribution >= 4 is 23.1 Å². The molecule has 0 aliphatic rings. The second-order valence-electron chi connectivity index (χ2n) is 6.46. The summed E-state index contributed by atoms with van der Waals surface area (Å²) in [6.45, 7) is 0. The van der Waals surface area contributed by atoms with E-state index in [9.17, 15) is 0 Å². The van der Waals surface area contributed by atoms with Gasteiger partial charge in [-0.3, -0.25) is 0 Å². The van der Waals surface area contributed by atoms with Crippen LogP contribution < -0.4 is 4.48 Å². The third-order valence-corrected chi connectivity index (χ3v) is 4.78. The summed E-state index contributed by atoms with van der Waals surface area (Å²) in [7, 11) is 0. The summed E-state index contributed by atoms with van der Waals surface area (Å²) in [4.78, 5) is 0. The van der Waals surface area contributed by atoms with Gasteiger partial charge in [-0.2, -0.15) is 0 Å². The van der Waals surface area contributed by atoms with E-state index in [2.05, 4.69) is 128 Å². The molecule has 130 valence electrons. The molecule has 0 aliphatic heterocycles. The Hall–Kier alpha value is -3.42. The van der Waals surface area contributed by atoms with Crippen LogP contribution in [0.15, 0.2) is 128 Å². The molecule has 0 saturated carbocycles. The van der Waals surface area contributed by atoms with Crippen molar-refractivity contribution in [3.05, 3.63) is 133 Å². The molecule has 4 rings (SSSR count). The smallest absolute Gasteiger partial charge is 0.147 e. The van der Waals surface area contributed by atoms with Crippen LogP contribution in [0.4, 0.5) is 17.1 Å². The van der Waals surface area contributed by atoms with Crippen molar-refractivity contribution in [1.82, 2.24) is 4.48 Å². The Morgan fingerprint density at radius 3 is 1.11 bits per heavy atom. The molecule has 0 fully saturated rings. The third kappa shape index (κ3) is 3.46. The van der Waals surface area contributed by atoms with Gasteiger partial charge in [0.05, 0.1) is 0 Å². The average molecular weight is 348 g/mol. The first-order valence-corrected chi connectivity index (χ1v) is 9.19. The lowest BCUT2D eigenvalue weighted by atomic mass is 10.1. The molecule has 0 aromatic heterocycles. The van der Waals surface area contributed by atoms with E-state index >= 15 is 0 Å². The minimum Gasteiger partial charge on any atom is -0.200 e. The summed E-state index contributed by atoms with van der Waals surface area (Å²) in [5.41, 5.74) is 4.77. The minimum absolute atomic E-state index is 0.525. The van der Waals surface area contributed by atoms with Crippen LogP contribution in [0.25, 0.3) is 6.08 Å². The highest BCUT2D eigenvalue weighted by molar-refractivity contribution is 5.75. The maximum absolute atomic E-state index is 2.27. The quantitative estimate of drug-likeness (QED) is 0.331. The van der Waals surface area contributed by atoms with E-state index in [0.717, 1.165) is 0 Å². The molecular formula is C26H22N+. The van der Waals surface area contributed by atoms with Gasteiger partial charge in [-0.1, -0.05) is 84.9 Å². The topological polar surface area (TPSA) is 0 Å². The van der Waals surface area contributed by atoms with Gasteiger partial charge < -0.3 is 0 Å². The van der Waals surface area contributed by atoms with Gasteiger partial charge in [0.2, 0.25) is 0 Å². The molecular weight excluding hydrogens is 326 g/mol. The molecule has 0 atom stereocenters. The molecule has 0 saturated heterocycles. The van der Waals surface area contributed by atoms with E-state index in [4.69, 9.17) is 0 Å². The molecule has 1 nitrogen and oxygen atoms in total. The molecule has 4 aromatic carbocycles. The fourth-order valence-electron chi connectivity index (χ4n) is 3.46. The SMILES string of the molecule is C(=C[N+](c1ccccc1)(c1ccccc1)c1ccccc1)c1ccccc1. The van der Waals surface area contributed by atoms with Gasteiger partial charge in [0.25, 0.3) is 0 Å². The molecule has 1 heteroatoms. The Kier molecular flexibility index (Phi) is 4.95. The van der Waals surface area contributed by atoms with Crippen molar-refractivity contribution in [2.24, 2.45) is 0 Å². The number of hydrogen-bond acceptors (Lipinski definition) is 0. The molecule has 4 aromatic rings. The van der Waals surface area contributed by atoms with E-state index in [1.807, 2.05) is 6.07 Å². The average Bonchev–Trinajstić information content (AvgIpc) is 2.77. The number of rotatable bonds is 5. The van der Waals surface area contributed by atoms with Crippen LogP contribution >= 0.6 is 0 Å². The van der Waals surface area contributed by atoms with Crippen LogP contribution in [0.5, 0.6) is 0 Å². The van der Waals surface area contributed by atoms with Crippen LogP contribution in [0, 0.1) is 0 Å². The van der Waals surface area contributed by atoms with Gasteiger partial charge in [0.15, 0.2) is 0 Å². The van der Waals surface area contributed by atoms with E-state index in [1.54, 1.807) is 0 Å². The lowest BCUT2D eigenvalue weighted by molar-refractivity contribution is 0.692. The monoisotopic (exact) mass is 348 g/mol. The van der Waals surface area contributed by atoms with Crippen molar-refractivity contribution < 1.29 is 0 Å². The maximum atomic E-state index is 2.27. The van der Waals surface area contributed by atoms with E-state index in [1.165, 1.54) is 22.6 Å². The van der Waals surface area contributed by atoms with E-state index < -0.39 is 0 Å². The van der Waals surface area contributed by atoms with Crippen molar-refractivity contribution in [3.63, 3.8) is 0 Å². The number of para-hydroxylation sites is 3. The van der Waals surface area contributed by atoms with Crippen molar-refractivity contribution in [1.29, 1.82) is 0 Å².